The molecule has 0 unspecified atom stereocenters. The van der Waals surface area contributed by atoms with E-state index in [9.17, 15) is 0 Å². The van der Waals surface area contributed by atoms with Gasteiger partial charge in [0.25, 0.3) is 0 Å². The summed E-state index contributed by atoms with van der Waals surface area (Å²) in [5, 5.41) is 11.0. The van der Waals surface area contributed by atoms with Gasteiger partial charge in [0, 0.05) is 30.8 Å². The van der Waals surface area contributed by atoms with E-state index in [0.717, 1.165) is 36.8 Å². The third-order valence-corrected chi connectivity index (χ3v) is 3.84. The molecular weight excluding hydrogens is 274 g/mol. The first kappa shape index (κ1) is 15.0. The summed E-state index contributed by atoms with van der Waals surface area (Å²) in [6, 6.07) is 8.48. The van der Waals surface area contributed by atoms with Gasteiger partial charge in [-0.05, 0) is 24.6 Å². The SMILES string of the molecule is COCCNCc1cccc(SCc2nonc2C)c1. The van der Waals surface area contributed by atoms with Gasteiger partial charge in [-0.2, -0.15) is 0 Å². The normalized spacial score (nSPS) is 10.9. The Labute approximate surface area is 123 Å². The quantitative estimate of drug-likeness (QED) is 0.596. The summed E-state index contributed by atoms with van der Waals surface area (Å²) in [4.78, 5) is 1.22. The number of rotatable bonds is 8. The molecule has 2 rings (SSSR count). The zero-order valence-corrected chi connectivity index (χ0v) is 12.6. The smallest absolute Gasteiger partial charge is 0.118 e. The number of thioether (sulfide) groups is 1. The van der Waals surface area contributed by atoms with Crippen LogP contribution < -0.4 is 5.32 Å². The first-order valence-electron chi connectivity index (χ1n) is 6.49. The molecule has 0 aliphatic rings. The predicted octanol–water partition coefficient (Wildman–Crippen LogP) is 2.41. The highest BCUT2D eigenvalue weighted by molar-refractivity contribution is 7.98. The molecule has 0 saturated carbocycles. The van der Waals surface area contributed by atoms with Crippen molar-refractivity contribution in [2.24, 2.45) is 0 Å². The zero-order valence-electron chi connectivity index (χ0n) is 11.8. The Morgan fingerprint density at radius 2 is 2.25 bits per heavy atom. The number of benzene rings is 1. The summed E-state index contributed by atoms with van der Waals surface area (Å²) in [5.74, 6) is 0.774. The second kappa shape index (κ2) is 8.04. The van der Waals surface area contributed by atoms with Gasteiger partial charge in [-0.1, -0.05) is 22.4 Å². The van der Waals surface area contributed by atoms with Crippen molar-refractivity contribution >= 4 is 11.8 Å². The average Bonchev–Trinajstić information content (AvgIpc) is 2.87. The largest absolute Gasteiger partial charge is 0.383 e. The van der Waals surface area contributed by atoms with E-state index in [4.69, 9.17) is 9.37 Å². The molecule has 0 atom stereocenters. The molecule has 0 bridgehead atoms. The molecule has 0 fully saturated rings. The van der Waals surface area contributed by atoms with E-state index >= 15 is 0 Å². The van der Waals surface area contributed by atoms with Crippen LogP contribution in [0, 0.1) is 6.92 Å². The number of nitrogens with one attached hydrogen (secondary N) is 1. The molecule has 0 amide bonds. The van der Waals surface area contributed by atoms with Gasteiger partial charge in [-0.15, -0.1) is 11.8 Å². The van der Waals surface area contributed by atoms with Crippen LogP contribution >= 0.6 is 11.8 Å². The highest BCUT2D eigenvalue weighted by atomic mass is 32.2. The molecule has 0 spiro atoms. The number of hydrogen-bond acceptors (Lipinski definition) is 6. The van der Waals surface area contributed by atoms with Crippen LogP contribution in [0.3, 0.4) is 0 Å². The number of aromatic nitrogens is 2. The third kappa shape index (κ3) is 4.63. The van der Waals surface area contributed by atoms with Crippen LogP contribution in [-0.4, -0.2) is 30.6 Å². The maximum atomic E-state index is 5.01. The summed E-state index contributed by atoms with van der Waals surface area (Å²) in [6.07, 6.45) is 0. The molecule has 6 heteroatoms. The maximum Gasteiger partial charge on any atom is 0.118 e. The summed E-state index contributed by atoms with van der Waals surface area (Å²) >= 11 is 1.74. The lowest BCUT2D eigenvalue weighted by molar-refractivity contribution is 0.199. The van der Waals surface area contributed by atoms with Gasteiger partial charge in [0.1, 0.15) is 11.4 Å². The first-order valence-corrected chi connectivity index (χ1v) is 7.47. The van der Waals surface area contributed by atoms with Crippen LogP contribution in [-0.2, 0) is 17.0 Å². The van der Waals surface area contributed by atoms with E-state index in [-0.39, 0.29) is 0 Å². The van der Waals surface area contributed by atoms with Crippen LogP contribution in [0.4, 0.5) is 0 Å². The predicted molar refractivity (Wildman–Crippen MR) is 78.6 cm³/mol. The van der Waals surface area contributed by atoms with Crippen LogP contribution in [0.1, 0.15) is 17.0 Å². The highest BCUT2D eigenvalue weighted by Crippen LogP contribution is 2.23. The van der Waals surface area contributed by atoms with Crippen LogP contribution in [0.25, 0.3) is 0 Å². The van der Waals surface area contributed by atoms with Crippen molar-refractivity contribution < 1.29 is 9.37 Å². The van der Waals surface area contributed by atoms with Crippen molar-refractivity contribution in [1.82, 2.24) is 15.6 Å². The molecule has 1 aromatic heterocycles. The third-order valence-electron chi connectivity index (χ3n) is 2.83. The van der Waals surface area contributed by atoms with Crippen molar-refractivity contribution in [3.8, 4) is 0 Å². The number of methoxy groups -OCH3 is 1. The Kier molecular flexibility index (Phi) is 6.04. The Bertz CT molecular complexity index is 531. The fourth-order valence-electron chi connectivity index (χ4n) is 1.68. The minimum absolute atomic E-state index is 0.729. The summed E-state index contributed by atoms with van der Waals surface area (Å²) < 4.78 is 9.70. The van der Waals surface area contributed by atoms with E-state index in [2.05, 4.69) is 39.9 Å². The Morgan fingerprint density at radius 3 is 3.00 bits per heavy atom. The Morgan fingerprint density at radius 1 is 1.35 bits per heavy atom. The Hall–Kier alpha value is -1.37. The molecule has 1 N–H and O–H groups in total. The molecule has 0 radical (unpaired) electrons. The van der Waals surface area contributed by atoms with Crippen LogP contribution in [0.5, 0.6) is 0 Å². The van der Waals surface area contributed by atoms with Gasteiger partial charge >= 0.3 is 0 Å². The second-order valence-corrected chi connectivity index (χ2v) is 5.45. The monoisotopic (exact) mass is 293 g/mol. The fraction of sp³-hybridized carbons (Fsp3) is 0.429. The molecule has 5 nitrogen and oxygen atoms in total. The minimum atomic E-state index is 0.729. The van der Waals surface area contributed by atoms with E-state index in [1.54, 1.807) is 18.9 Å². The van der Waals surface area contributed by atoms with Gasteiger partial charge < -0.3 is 10.1 Å². The van der Waals surface area contributed by atoms with E-state index in [1.807, 2.05) is 6.92 Å². The lowest BCUT2D eigenvalue weighted by Crippen LogP contribution is -2.18. The molecule has 1 heterocycles. The molecular formula is C14H19N3O2S. The molecule has 0 aliphatic heterocycles. The molecule has 20 heavy (non-hydrogen) atoms. The molecule has 0 aliphatic carbocycles. The van der Waals surface area contributed by atoms with Gasteiger partial charge in [0.2, 0.25) is 0 Å². The van der Waals surface area contributed by atoms with Crippen LogP contribution in [0.2, 0.25) is 0 Å². The van der Waals surface area contributed by atoms with Crippen molar-refractivity contribution in [2.45, 2.75) is 24.1 Å². The van der Waals surface area contributed by atoms with E-state index in [0.29, 0.717) is 0 Å². The van der Waals surface area contributed by atoms with Gasteiger partial charge in [-0.3, -0.25) is 0 Å². The van der Waals surface area contributed by atoms with Crippen molar-refractivity contribution in [1.29, 1.82) is 0 Å². The molecule has 108 valence electrons. The maximum absolute atomic E-state index is 5.01. The summed E-state index contributed by atoms with van der Waals surface area (Å²) in [5.41, 5.74) is 3.02. The summed E-state index contributed by atoms with van der Waals surface area (Å²) in [6.45, 7) is 4.34. The van der Waals surface area contributed by atoms with E-state index in [1.165, 1.54) is 10.5 Å². The van der Waals surface area contributed by atoms with Gasteiger partial charge in [0.15, 0.2) is 0 Å². The number of hydrogen-bond donors (Lipinski definition) is 1. The van der Waals surface area contributed by atoms with E-state index < -0.39 is 0 Å². The molecule has 0 saturated heterocycles. The molecule has 1 aromatic carbocycles. The van der Waals surface area contributed by atoms with Crippen molar-refractivity contribution in [2.75, 3.05) is 20.3 Å². The topological polar surface area (TPSA) is 60.2 Å². The minimum Gasteiger partial charge on any atom is -0.383 e. The Balaban J connectivity index is 1.84. The van der Waals surface area contributed by atoms with Gasteiger partial charge in [-0.25, -0.2) is 4.63 Å². The first-order chi connectivity index (χ1) is 9.79. The summed E-state index contributed by atoms with van der Waals surface area (Å²) in [7, 11) is 1.71. The lowest BCUT2D eigenvalue weighted by Gasteiger charge is -2.06. The van der Waals surface area contributed by atoms with Crippen LogP contribution in [0.15, 0.2) is 33.8 Å². The van der Waals surface area contributed by atoms with Crippen molar-refractivity contribution in [3.05, 3.63) is 41.2 Å². The molecule has 2 aromatic rings. The average molecular weight is 293 g/mol. The fourth-order valence-corrected chi connectivity index (χ4v) is 2.66. The number of ether oxygens (including phenoxy) is 1. The highest BCUT2D eigenvalue weighted by Gasteiger charge is 2.05. The second-order valence-electron chi connectivity index (χ2n) is 4.40. The number of nitrogens with zero attached hydrogens (tertiary/aromatic N) is 2. The zero-order chi connectivity index (χ0) is 14.2. The number of aryl methyl sites for hydroxylation is 1. The standard InChI is InChI=1S/C14H19N3O2S/c1-11-14(17-19-16-11)10-20-13-5-3-4-12(8-13)9-15-6-7-18-2/h3-5,8,15H,6-7,9-10H2,1-2H3. The van der Waals surface area contributed by atoms with Gasteiger partial charge in [0.05, 0.1) is 6.61 Å². The van der Waals surface area contributed by atoms with Crippen molar-refractivity contribution in [3.63, 3.8) is 0 Å². The lowest BCUT2D eigenvalue weighted by atomic mass is 10.2.